The van der Waals surface area contributed by atoms with E-state index >= 15 is 0 Å². The van der Waals surface area contributed by atoms with Gasteiger partial charge in [0.15, 0.2) is 5.71 Å². The summed E-state index contributed by atoms with van der Waals surface area (Å²) in [6.45, 7) is 0. The third-order valence-corrected chi connectivity index (χ3v) is 10.3. The molecule has 1 aliphatic carbocycles. The van der Waals surface area contributed by atoms with Crippen molar-refractivity contribution in [2.75, 3.05) is 28.4 Å². The quantitative estimate of drug-likeness (QED) is 0.0295. The molecular formula is C38H30N12O7S2. The summed E-state index contributed by atoms with van der Waals surface area (Å²) >= 11 is 0. The van der Waals surface area contributed by atoms with E-state index in [2.05, 4.69) is 41.2 Å². The van der Waals surface area contributed by atoms with Crippen molar-refractivity contribution in [3.05, 3.63) is 125 Å². The van der Waals surface area contributed by atoms with Crippen LogP contribution in [0.5, 0.6) is 0 Å². The number of fused-ring (bicyclic) bond motifs is 2. The van der Waals surface area contributed by atoms with Crippen LogP contribution in [0.3, 0.4) is 0 Å². The number of nitrogens with one attached hydrogen (secondary N) is 1. The zero-order valence-corrected chi connectivity index (χ0v) is 31.8. The number of Topliss-reactive ketones (excluding diaryl/α,β-unsaturated/α-hetero) is 1. The number of hydrazone groups is 1. The lowest BCUT2D eigenvalue weighted by atomic mass is 9.94. The predicted octanol–water partition coefficient (Wildman–Crippen LogP) is 8.55. The Hall–Kier alpha value is -7.72. The Morgan fingerprint density at radius 3 is 1.68 bits per heavy atom. The highest BCUT2D eigenvalue weighted by atomic mass is 32.2. The van der Waals surface area contributed by atoms with Gasteiger partial charge in [0.25, 0.3) is 20.2 Å². The van der Waals surface area contributed by atoms with Crippen LogP contribution in [0, 0.1) is 0 Å². The number of carbonyl (C=O) groups excluding carboxylic acids is 1. The van der Waals surface area contributed by atoms with Crippen LogP contribution in [0.2, 0.25) is 0 Å². The molecular weight excluding hydrogens is 801 g/mol. The molecule has 0 aliphatic heterocycles. The van der Waals surface area contributed by atoms with E-state index < -0.39 is 41.5 Å². The van der Waals surface area contributed by atoms with Gasteiger partial charge in [0.2, 0.25) is 5.78 Å². The summed E-state index contributed by atoms with van der Waals surface area (Å²) in [5.74, 6) is -0.842. The smallest absolute Gasteiger partial charge is 0.296 e. The topological polar surface area (TPSA) is 328 Å². The van der Waals surface area contributed by atoms with Crippen LogP contribution < -0.4 is 28.4 Å². The average molecular weight is 831 g/mol. The second kappa shape index (κ2) is 15.7. The fourth-order valence-corrected chi connectivity index (χ4v) is 6.86. The molecule has 21 heteroatoms. The molecule has 0 saturated heterocycles. The Morgan fingerprint density at radius 1 is 0.525 bits per heavy atom. The van der Waals surface area contributed by atoms with Gasteiger partial charge in [-0.15, -0.1) is 20.5 Å². The van der Waals surface area contributed by atoms with Gasteiger partial charge < -0.3 is 22.9 Å². The summed E-state index contributed by atoms with van der Waals surface area (Å²) in [6, 6.07) is 26.8. The average Bonchev–Trinajstić information content (AvgIpc) is 3.18. The fourth-order valence-electron chi connectivity index (χ4n) is 5.69. The number of hydrogen-bond acceptors (Lipinski definition) is 17. The van der Waals surface area contributed by atoms with E-state index in [0.29, 0.717) is 45.2 Å². The fraction of sp³-hybridized carbons (Fsp3) is 0. The maximum absolute atomic E-state index is 13.8. The van der Waals surface area contributed by atoms with Gasteiger partial charge in [0.05, 0.1) is 44.7 Å². The molecule has 0 radical (unpaired) electrons. The molecule has 0 saturated carbocycles. The zero-order chi connectivity index (χ0) is 42.1. The number of benzene rings is 6. The SMILES string of the molecule is Nc1ccc(N=Nc2ccc(N/N=C3/C(=O)c4cc(N=Nc5ccc(N=Nc6ccc(N)cc6N)c6cc(S(=O)(=O)O)ccc56)ccc4C=C3S(=O)(=O)O)cc2)c(N)c1. The minimum Gasteiger partial charge on any atom is -0.399 e. The first kappa shape index (κ1) is 39.5. The predicted molar refractivity (Wildman–Crippen MR) is 225 cm³/mol. The van der Waals surface area contributed by atoms with Crippen LogP contribution in [0.25, 0.3) is 16.8 Å². The molecule has 0 heterocycles. The van der Waals surface area contributed by atoms with Gasteiger partial charge in [-0.25, -0.2) is 0 Å². The van der Waals surface area contributed by atoms with E-state index in [0.717, 1.165) is 6.08 Å². The van der Waals surface area contributed by atoms with Gasteiger partial charge in [0, 0.05) is 27.7 Å². The Morgan fingerprint density at radius 2 is 1.07 bits per heavy atom. The van der Waals surface area contributed by atoms with Gasteiger partial charge >= 0.3 is 0 Å². The molecule has 6 aromatic carbocycles. The number of hydrogen-bond donors (Lipinski definition) is 7. The Labute approximate surface area is 335 Å². The lowest BCUT2D eigenvalue weighted by molar-refractivity contribution is 0.106. The van der Waals surface area contributed by atoms with Gasteiger partial charge in [-0.05, 0) is 109 Å². The molecule has 0 spiro atoms. The van der Waals surface area contributed by atoms with Crippen LogP contribution in [-0.2, 0) is 20.2 Å². The van der Waals surface area contributed by atoms with E-state index in [1.165, 1.54) is 48.5 Å². The van der Waals surface area contributed by atoms with Crippen molar-refractivity contribution in [1.82, 2.24) is 0 Å². The maximum Gasteiger partial charge on any atom is 0.296 e. The van der Waals surface area contributed by atoms with Crippen molar-refractivity contribution >= 4 is 111 Å². The standard InChI is InChI=1S/C38H30N12O7S2/c39-21-2-11-34(30(41)16-21)48-43-23-5-7-24(8-6-23)44-50-37-36(59(55,56)57)15-20-1-4-25(18-28(20)38(37)51)45-46-32-13-14-33(47-49-35-12-3-22(40)17-31(35)42)29-19-26(58(52,53)54)9-10-27(29)32/h1-19,44H,39-42H2,(H,52,53,54)(H,55,56,57)/b46-45?,48-43?,49-47?,50-37+. The number of azo groups is 3. The summed E-state index contributed by atoms with van der Waals surface area (Å²) in [7, 11) is -9.52. The Kier molecular flexibility index (Phi) is 10.5. The second-order valence-corrected chi connectivity index (χ2v) is 15.5. The number of nitrogens with two attached hydrogens (primary N) is 4. The first-order valence-corrected chi connectivity index (χ1v) is 19.8. The third kappa shape index (κ3) is 8.82. The third-order valence-electron chi connectivity index (χ3n) is 8.61. The number of rotatable bonds is 10. The van der Waals surface area contributed by atoms with E-state index in [1.54, 1.807) is 60.7 Å². The highest BCUT2D eigenvalue weighted by Gasteiger charge is 2.33. The van der Waals surface area contributed by atoms with E-state index in [4.69, 9.17) is 22.9 Å². The van der Waals surface area contributed by atoms with Crippen LogP contribution in [0.15, 0.2) is 155 Å². The molecule has 0 aromatic heterocycles. The summed E-state index contributed by atoms with van der Waals surface area (Å²) in [4.78, 5) is 12.6. The lowest BCUT2D eigenvalue weighted by Crippen LogP contribution is -2.27. The molecule has 59 heavy (non-hydrogen) atoms. The van der Waals surface area contributed by atoms with Crippen LogP contribution >= 0.6 is 0 Å². The summed E-state index contributed by atoms with van der Waals surface area (Å²) < 4.78 is 68.6. The van der Waals surface area contributed by atoms with Gasteiger partial charge in [0.1, 0.15) is 16.3 Å². The Balaban J connectivity index is 1.17. The Bertz CT molecular complexity index is 3090. The summed E-state index contributed by atoms with van der Waals surface area (Å²) in [6.07, 6.45) is 1.10. The molecule has 0 unspecified atom stereocenters. The molecule has 6 aromatic rings. The van der Waals surface area contributed by atoms with Gasteiger partial charge in [-0.3, -0.25) is 19.3 Å². The molecule has 0 fully saturated rings. The molecule has 0 atom stereocenters. The summed E-state index contributed by atoms with van der Waals surface area (Å²) in [5, 5.41) is 29.9. The van der Waals surface area contributed by atoms with Gasteiger partial charge in [-0.2, -0.15) is 32.2 Å². The van der Waals surface area contributed by atoms with Gasteiger partial charge in [-0.1, -0.05) is 12.1 Å². The highest BCUT2D eigenvalue weighted by molar-refractivity contribution is 7.91. The molecule has 0 amide bonds. The molecule has 296 valence electrons. The number of allylic oxidation sites excluding steroid dienone is 1. The van der Waals surface area contributed by atoms with Crippen LogP contribution in [0.1, 0.15) is 15.9 Å². The maximum atomic E-state index is 13.8. The first-order valence-electron chi connectivity index (χ1n) is 16.9. The van der Waals surface area contributed by atoms with E-state index in [-0.39, 0.29) is 39.3 Å². The van der Waals surface area contributed by atoms with E-state index in [1.807, 2.05) is 0 Å². The number of ketones is 1. The first-order chi connectivity index (χ1) is 28.0. The number of nitrogen functional groups attached to an aromatic ring is 4. The van der Waals surface area contributed by atoms with E-state index in [9.17, 15) is 30.7 Å². The number of nitrogens with zero attached hydrogens (tertiary/aromatic N) is 7. The van der Waals surface area contributed by atoms with Crippen molar-refractivity contribution in [2.45, 2.75) is 4.90 Å². The second-order valence-electron chi connectivity index (χ2n) is 12.7. The van der Waals surface area contributed by atoms with Crippen molar-refractivity contribution in [1.29, 1.82) is 0 Å². The highest BCUT2D eigenvalue weighted by Crippen LogP contribution is 2.38. The molecule has 11 N–H and O–H groups in total. The van der Waals surface area contributed by atoms with Crippen molar-refractivity contribution in [2.24, 2.45) is 35.8 Å². The molecule has 1 aliphatic rings. The molecule has 19 nitrogen and oxygen atoms in total. The van der Waals surface area contributed by atoms with Crippen LogP contribution in [-0.4, -0.2) is 37.4 Å². The minimum atomic E-state index is -4.92. The zero-order valence-electron chi connectivity index (χ0n) is 30.2. The molecule has 0 bridgehead atoms. The normalized spacial score (nSPS) is 14.1. The summed E-state index contributed by atoms with van der Waals surface area (Å²) in [5.41, 5.74) is 29.3. The lowest BCUT2D eigenvalue weighted by Gasteiger charge is -2.16. The molecule has 7 rings (SSSR count). The number of anilines is 5. The van der Waals surface area contributed by atoms with Crippen molar-refractivity contribution < 1.29 is 30.7 Å². The van der Waals surface area contributed by atoms with Crippen molar-refractivity contribution in [3.63, 3.8) is 0 Å². The minimum absolute atomic E-state index is 0.00690. The monoisotopic (exact) mass is 830 g/mol. The van der Waals surface area contributed by atoms with Crippen molar-refractivity contribution in [3.8, 4) is 0 Å². The van der Waals surface area contributed by atoms with Crippen LogP contribution in [0.4, 0.5) is 62.6 Å². The largest absolute Gasteiger partial charge is 0.399 e. The number of carbonyl (C=O) groups is 1.